The number of carbonyl (C=O) groups is 3. The first kappa shape index (κ1) is 45.3. The van der Waals surface area contributed by atoms with Gasteiger partial charge in [0.15, 0.2) is 6.10 Å². The molecule has 0 spiro atoms. The van der Waals surface area contributed by atoms with Gasteiger partial charge in [-0.25, -0.2) is 0 Å². The summed E-state index contributed by atoms with van der Waals surface area (Å²) < 4.78 is 16.9. The minimum absolute atomic E-state index is 0.0466. The minimum atomic E-state index is -1.12. The van der Waals surface area contributed by atoms with Crippen LogP contribution in [0.2, 0.25) is 0 Å². The molecule has 0 fully saturated rings. The van der Waals surface area contributed by atoms with Gasteiger partial charge in [0.2, 0.25) is 0 Å². The van der Waals surface area contributed by atoms with Crippen molar-refractivity contribution < 1.29 is 38.2 Å². The van der Waals surface area contributed by atoms with E-state index in [1.54, 1.807) is 21.1 Å². The van der Waals surface area contributed by atoms with Crippen molar-refractivity contribution in [2.75, 3.05) is 41.0 Å². The Kier molecular flexibility index (Phi) is 30.5. The summed E-state index contributed by atoms with van der Waals surface area (Å²) in [5.74, 6) is -1.74. The van der Waals surface area contributed by atoms with Crippen molar-refractivity contribution in [3.8, 4) is 0 Å². The van der Waals surface area contributed by atoms with Gasteiger partial charge in [-0.2, -0.15) is 0 Å². The maximum atomic E-state index is 12.6. The fourth-order valence-corrected chi connectivity index (χ4v) is 5.89. The van der Waals surface area contributed by atoms with Gasteiger partial charge in [-0.1, -0.05) is 149 Å². The lowest BCUT2D eigenvalue weighted by molar-refractivity contribution is -0.889. The van der Waals surface area contributed by atoms with Crippen LogP contribution in [-0.4, -0.2) is 75.5 Å². The molecule has 2 unspecified atom stereocenters. The minimum Gasteiger partial charge on any atom is -0.544 e. The smallest absolute Gasteiger partial charge is 0.306 e. The number of esters is 2. The first-order valence-corrected chi connectivity index (χ1v) is 19.6. The zero-order valence-electron chi connectivity index (χ0n) is 31.5. The number of carboxylic acids is 1. The second kappa shape index (κ2) is 31.6. The number of hydrogen-bond acceptors (Lipinski definition) is 7. The summed E-state index contributed by atoms with van der Waals surface area (Å²) in [5.41, 5.74) is 0. The van der Waals surface area contributed by atoms with Crippen LogP contribution in [0, 0.1) is 0 Å². The van der Waals surface area contributed by atoms with E-state index in [0.717, 1.165) is 44.9 Å². The molecule has 47 heavy (non-hydrogen) atoms. The zero-order chi connectivity index (χ0) is 35.0. The molecule has 8 nitrogen and oxygen atoms in total. The van der Waals surface area contributed by atoms with Crippen LogP contribution < -0.4 is 5.11 Å². The molecule has 0 aliphatic heterocycles. The summed E-state index contributed by atoms with van der Waals surface area (Å²) >= 11 is 0. The molecule has 0 aromatic rings. The van der Waals surface area contributed by atoms with Crippen LogP contribution in [0.1, 0.15) is 181 Å². The van der Waals surface area contributed by atoms with Crippen molar-refractivity contribution in [3.05, 3.63) is 0 Å². The zero-order valence-corrected chi connectivity index (χ0v) is 31.5. The number of unbranched alkanes of at least 4 members (excludes halogenated alkanes) is 21. The van der Waals surface area contributed by atoms with Crippen molar-refractivity contribution in [1.29, 1.82) is 0 Å². The number of likely N-dealkylation sites (N-methyl/N-ethyl adjacent to an activating group) is 1. The fourth-order valence-electron chi connectivity index (χ4n) is 5.89. The van der Waals surface area contributed by atoms with Crippen LogP contribution in [0.15, 0.2) is 0 Å². The lowest BCUT2D eigenvalue weighted by atomic mass is 10.0. The molecule has 0 N–H and O–H groups in total. The van der Waals surface area contributed by atoms with E-state index in [0.29, 0.717) is 12.8 Å². The molecule has 0 aromatic carbocycles. The summed E-state index contributed by atoms with van der Waals surface area (Å²) in [6, 6.07) is -0.716. The Morgan fingerprint density at radius 2 is 0.936 bits per heavy atom. The predicted molar refractivity (Wildman–Crippen MR) is 190 cm³/mol. The molecule has 0 bridgehead atoms. The first-order chi connectivity index (χ1) is 22.6. The van der Waals surface area contributed by atoms with Crippen LogP contribution in [0.25, 0.3) is 0 Å². The van der Waals surface area contributed by atoms with Crippen molar-refractivity contribution in [3.63, 3.8) is 0 Å². The van der Waals surface area contributed by atoms with Gasteiger partial charge in [-0.05, 0) is 12.8 Å². The molecular weight excluding hydrogens is 594 g/mol. The lowest BCUT2D eigenvalue weighted by Crippen LogP contribution is -2.55. The number of ether oxygens (including phenoxy) is 3. The molecule has 278 valence electrons. The highest BCUT2D eigenvalue weighted by Gasteiger charge is 2.25. The molecule has 0 heterocycles. The first-order valence-electron chi connectivity index (χ1n) is 19.6. The summed E-state index contributed by atoms with van der Waals surface area (Å²) in [6.07, 6.45) is 28.9. The van der Waals surface area contributed by atoms with E-state index in [4.69, 9.17) is 14.2 Å². The average molecular weight is 670 g/mol. The van der Waals surface area contributed by atoms with Gasteiger partial charge in [0.1, 0.15) is 12.6 Å². The van der Waals surface area contributed by atoms with Crippen LogP contribution in [0.5, 0.6) is 0 Å². The quantitative estimate of drug-likeness (QED) is 0.0379. The molecule has 0 rings (SSSR count). The van der Waals surface area contributed by atoms with Gasteiger partial charge in [-0.15, -0.1) is 0 Å². The number of hydrogen-bond donors (Lipinski definition) is 0. The molecule has 2 atom stereocenters. The van der Waals surface area contributed by atoms with E-state index in [2.05, 4.69) is 13.8 Å². The van der Waals surface area contributed by atoms with E-state index in [1.165, 1.54) is 103 Å². The van der Waals surface area contributed by atoms with Gasteiger partial charge in [-0.3, -0.25) is 9.59 Å². The third kappa shape index (κ3) is 30.1. The number of nitrogens with zero attached hydrogens (tertiary/aromatic N) is 1. The van der Waals surface area contributed by atoms with Gasteiger partial charge < -0.3 is 28.6 Å². The van der Waals surface area contributed by atoms with Crippen LogP contribution >= 0.6 is 0 Å². The van der Waals surface area contributed by atoms with Crippen LogP contribution in [0.3, 0.4) is 0 Å². The van der Waals surface area contributed by atoms with Gasteiger partial charge >= 0.3 is 11.9 Å². The SMILES string of the molecule is CCCCCCCCCCCCCCCCCCCCCC(=O)OC(COCCC(C(=O)[O-])[N+](C)(C)C)COC(=O)CCCCCC. The fraction of sp³-hybridized carbons (Fsp3) is 0.923. The summed E-state index contributed by atoms with van der Waals surface area (Å²) in [6.45, 7) is 4.56. The second-order valence-electron chi connectivity index (χ2n) is 14.5. The van der Waals surface area contributed by atoms with Gasteiger partial charge in [0.25, 0.3) is 0 Å². The maximum Gasteiger partial charge on any atom is 0.306 e. The molecule has 0 aromatic heterocycles. The molecular formula is C39H75NO7. The van der Waals surface area contributed by atoms with Crippen molar-refractivity contribution in [2.24, 2.45) is 0 Å². The van der Waals surface area contributed by atoms with Crippen molar-refractivity contribution >= 4 is 17.9 Å². The Bertz CT molecular complexity index is 752. The second-order valence-corrected chi connectivity index (χ2v) is 14.5. The molecule has 0 saturated carbocycles. The van der Waals surface area contributed by atoms with E-state index < -0.39 is 18.1 Å². The van der Waals surface area contributed by atoms with Crippen LogP contribution in [-0.2, 0) is 28.6 Å². The topological polar surface area (TPSA) is 102 Å². The molecule has 0 aliphatic rings. The molecule has 0 saturated heterocycles. The number of quaternary nitrogens is 1. The predicted octanol–water partition coefficient (Wildman–Crippen LogP) is 8.47. The number of carboxylic acid groups (broad SMARTS) is 1. The van der Waals surface area contributed by atoms with E-state index in [1.807, 2.05) is 0 Å². The van der Waals surface area contributed by atoms with Gasteiger partial charge in [0.05, 0.1) is 40.3 Å². The summed E-state index contributed by atoms with van der Waals surface area (Å²) in [4.78, 5) is 36.3. The average Bonchev–Trinajstić information content (AvgIpc) is 3.02. The summed E-state index contributed by atoms with van der Waals surface area (Å²) in [5, 5.41) is 11.5. The standard InChI is InChI=1S/C39H75NO7/c1-6-8-10-12-13-14-15-16-17-18-19-20-21-22-23-24-25-26-28-30-38(42)47-35(34-46-37(41)29-27-11-9-7-2)33-45-32-31-36(39(43)44)40(3,4)5/h35-36H,6-34H2,1-5H3. The Labute approximate surface area is 289 Å². The third-order valence-corrected chi connectivity index (χ3v) is 8.99. The number of rotatable bonds is 35. The Morgan fingerprint density at radius 3 is 1.34 bits per heavy atom. The highest BCUT2D eigenvalue weighted by atomic mass is 16.6. The monoisotopic (exact) mass is 670 g/mol. The Balaban J connectivity index is 4.11. The molecule has 0 aliphatic carbocycles. The van der Waals surface area contributed by atoms with Gasteiger partial charge in [0, 0.05) is 19.3 Å². The molecule has 0 amide bonds. The molecule has 0 radical (unpaired) electrons. The van der Waals surface area contributed by atoms with E-state index in [-0.39, 0.29) is 42.7 Å². The van der Waals surface area contributed by atoms with Crippen LogP contribution in [0.4, 0.5) is 0 Å². The largest absolute Gasteiger partial charge is 0.544 e. The normalized spacial score (nSPS) is 13.0. The van der Waals surface area contributed by atoms with Crippen molar-refractivity contribution in [2.45, 2.75) is 193 Å². The highest BCUT2D eigenvalue weighted by Crippen LogP contribution is 2.15. The van der Waals surface area contributed by atoms with E-state index >= 15 is 0 Å². The highest BCUT2D eigenvalue weighted by molar-refractivity contribution is 5.70. The third-order valence-electron chi connectivity index (χ3n) is 8.99. The molecule has 8 heteroatoms. The number of carbonyl (C=O) groups excluding carboxylic acids is 3. The summed E-state index contributed by atoms with van der Waals surface area (Å²) in [7, 11) is 5.39. The number of aliphatic carboxylic acids is 1. The van der Waals surface area contributed by atoms with E-state index in [9.17, 15) is 19.5 Å². The lowest BCUT2D eigenvalue weighted by Gasteiger charge is -2.34. The Morgan fingerprint density at radius 1 is 0.553 bits per heavy atom. The Hall–Kier alpha value is -1.67. The van der Waals surface area contributed by atoms with Crippen molar-refractivity contribution in [1.82, 2.24) is 0 Å². The maximum absolute atomic E-state index is 12.6.